The normalized spacial score (nSPS) is 18.6. The number of hydrogen-bond acceptors (Lipinski definition) is 4. The third kappa shape index (κ3) is 4.48. The molecule has 0 saturated heterocycles. The number of aromatic nitrogens is 1. The van der Waals surface area contributed by atoms with Crippen molar-refractivity contribution in [3.8, 4) is 23.1 Å². The van der Waals surface area contributed by atoms with Gasteiger partial charge in [-0.2, -0.15) is 0 Å². The zero-order valence-electron chi connectivity index (χ0n) is 18.7. The summed E-state index contributed by atoms with van der Waals surface area (Å²) in [5.41, 5.74) is 3.74. The number of nitrogens with zero attached hydrogens (tertiary/aromatic N) is 2. The van der Waals surface area contributed by atoms with Gasteiger partial charge in [-0.3, -0.25) is 0 Å². The molecule has 3 heterocycles. The van der Waals surface area contributed by atoms with Crippen molar-refractivity contribution < 1.29 is 30.7 Å². The molecule has 1 aromatic heterocycles. The van der Waals surface area contributed by atoms with Crippen LogP contribution in [0, 0.1) is 11.3 Å². The SMILES string of the molecule is C[C@@]1(C#N)CCOc2ccc(C(=O)NCC3=C[I-]C=c4ccc(-c5ccccc5)nc4=C3)cc21. The summed E-state index contributed by atoms with van der Waals surface area (Å²) >= 11 is -0.279. The third-order valence-corrected chi connectivity index (χ3v) is 8.32. The van der Waals surface area contributed by atoms with Crippen LogP contribution in [0.3, 0.4) is 0 Å². The van der Waals surface area contributed by atoms with Crippen LogP contribution in [0.4, 0.5) is 0 Å². The minimum absolute atomic E-state index is 0.166. The zero-order chi connectivity index (χ0) is 23.5. The van der Waals surface area contributed by atoms with Crippen LogP contribution in [0.1, 0.15) is 29.3 Å². The van der Waals surface area contributed by atoms with Gasteiger partial charge in [-0.15, -0.1) is 0 Å². The Bertz CT molecular complexity index is 1460. The molecule has 1 N–H and O–H groups in total. The van der Waals surface area contributed by atoms with E-state index in [2.05, 4.69) is 49.9 Å². The number of pyridine rings is 1. The molecule has 0 fully saturated rings. The summed E-state index contributed by atoms with van der Waals surface area (Å²) < 4.78 is 10.2. The first-order valence-electron chi connectivity index (χ1n) is 11.1. The van der Waals surface area contributed by atoms with E-state index < -0.39 is 5.41 Å². The van der Waals surface area contributed by atoms with Gasteiger partial charge in [0.1, 0.15) is 0 Å². The number of nitriles is 1. The molecule has 2 aliphatic heterocycles. The molecule has 0 aliphatic carbocycles. The van der Waals surface area contributed by atoms with Gasteiger partial charge < -0.3 is 0 Å². The van der Waals surface area contributed by atoms with Crippen LogP contribution < -0.4 is 41.8 Å². The Kier molecular flexibility index (Phi) is 6.20. The number of halogens is 1. The second kappa shape index (κ2) is 9.43. The van der Waals surface area contributed by atoms with E-state index in [9.17, 15) is 10.1 Å². The first kappa shape index (κ1) is 22.4. The van der Waals surface area contributed by atoms with Gasteiger partial charge in [0.15, 0.2) is 0 Å². The van der Waals surface area contributed by atoms with Gasteiger partial charge in [0.2, 0.25) is 0 Å². The number of benzene rings is 2. The van der Waals surface area contributed by atoms with Crippen molar-refractivity contribution in [2.24, 2.45) is 0 Å². The molecule has 34 heavy (non-hydrogen) atoms. The van der Waals surface area contributed by atoms with E-state index >= 15 is 0 Å². The van der Waals surface area contributed by atoms with E-state index in [-0.39, 0.29) is 27.1 Å². The molecule has 0 spiro atoms. The van der Waals surface area contributed by atoms with Crippen LogP contribution >= 0.6 is 0 Å². The first-order valence-corrected chi connectivity index (χ1v) is 13.6. The van der Waals surface area contributed by atoms with Gasteiger partial charge >= 0.3 is 209 Å². The average Bonchev–Trinajstić information content (AvgIpc) is 3.09. The molecule has 5 nitrogen and oxygen atoms in total. The van der Waals surface area contributed by atoms with E-state index in [0.29, 0.717) is 30.9 Å². The summed E-state index contributed by atoms with van der Waals surface area (Å²) in [7, 11) is 0. The predicted molar refractivity (Wildman–Crippen MR) is 128 cm³/mol. The van der Waals surface area contributed by atoms with Crippen LogP contribution in [-0.4, -0.2) is 24.0 Å². The number of hydrogen-bond donors (Lipinski definition) is 1. The fourth-order valence-electron chi connectivity index (χ4n) is 4.07. The van der Waals surface area contributed by atoms with Crippen molar-refractivity contribution in [3.05, 3.63) is 92.0 Å². The van der Waals surface area contributed by atoms with E-state index in [1.54, 1.807) is 18.2 Å². The maximum absolute atomic E-state index is 13.0. The van der Waals surface area contributed by atoms with E-state index in [1.165, 1.54) is 0 Å². The fourth-order valence-corrected chi connectivity index (χ4v) is 6.02. The number of amides is 1. The topological polar surface area (TPSA) is 75.0 Å². The van der Waals surface area contributed by atoms with Crippen molar-refractivity contribution >= 4 is 16.1 Å². The van der Waals surface area contributed by atoms with Gasteiger partial charge in [0.25, 0.3) is 0 Å². The summed E-state index contributed by atoms with van der Waals surface area (Å²) in [6, 6.07) is 22.0. The van der Waals surface area contributed by atoms with Gasteiger partial charge in [-0.25, -0.2) is 0 Å². The molecule has 1 atom stereocenters. The van der Waals surface area contributed by atoms with Gasteiger partial charge in [-0.1, -0.05) is 0 Å². The molecule has 6 heteroatoms. The molecule has 2 aromatic carbocycles. The van der Waals surface area contributed by atoms with Crippen LogP contribution in [-0.2, 0) is 5.41 Å². The maximum atomic E-state index is 13.0. The van der Waals surface area contributed by atoms with Gasteiger partial charge in [0, 0.05) is 0 Å². The second-order valence-corrected chi connectivity index (χ2v) is 10.5. The number of carbonyl (C=O) groups excluding carboxylic acids is 1. The Morgan fingerprint density at radius 3 is 2.85 bits per heavy atom. The molecular formula is C28H23IN3O2-. The number of rotatable bonds is 4. The average molecular weight is 560 g/mol. The Balaban J connectivity index is 1.36. The van der Waals surface area contributed by atoms with Crippen LogP contribution in [0.25, 0.3) is 21.4 Å². The number of carbonyl (C=O) groups is 1. The zero-order valence-corrected chi connectivity index (χ0v) is 20.9. The van der Waals surface area contributed by atoms with E-state index in [1.807, 2.05) is 25.1 Å². The fraction of sp³-hybridized carbons (Fsp3) is 0.179. The van der Waals surface area contributed by atoms with Crippen molar-refractivity contribution in [2.45, 2.75) is 18.8 Å². The van der Waals surface area contributed by atoms with E-state index in [4.69, 9.17) is 9.72 Å². The van der Waals surface area contributed by atoms with Crippen molar-refractivity contribution in [1.82, 2.24) is 10.3 Å². The summed E-state index contributed by atoms with van der Waals surface area (Å²) in [5, 5.41) is 14.8. The van der Waals surface area contributed by atoms with Crippen molar-refractivity contribution in [2.75, 3.05) is 13.2 Å². The molecule has 0 bridgehead atoms. The number of nitrogens with one attached hydrogen (secondary N) is 1. The molecule has 1 amide bonds. The molecule has 5 rings (SSSR count). The predicted octanol–water partition coefficient (Wildman–Crippen LogP) is 0.247. The Hall–Kier alpha value is -3.44. The standard InChI is InChI=1S/C28H23IN3O2/c1-28(18-30)11-12-34-26-10-8-21(14-23(26)28)27(33)31-17-19-13-25-22(16-29-15-19)7-9-24(32-25)20-5-3-2-4-6-20/h2-10,13-16H,11-12,17H2,1H3,(H,31,33)/q-1/t28-/m0/s1. The van der Waals surface area contributed by atoms with E-state index in [0.717, 1.165) is 33.0 Å². The molecule has 0 saturated carbocycles. The van der Waals surface area contributed by atoms with Crippen molar-refractivity contribution in [3.63, 3.8) is 0 Å². The van der Waals surface area contributed by atoms with Gasteiger partial charge in [0.05, 0.1) is 0 Å². The number of fused-ring (bicyclic) bond motifs is 2. The molecule has 2 aliphatic rings. The Morgan fingerprint density at radius 2 is 2.03 bits per heavy atom. The van der Waals surface area contributed by atoms with Crippen LogP contribution in [0.5, 0.6) is 5.75 Å². The van der Waals surface area contributed by atoms with Crippen molar-refractivity contribution in [1.29, 1.82) is 5.26 Å². The Morgan fingerprint density at radius 1 is 1.18 bits per heavy atom. The van der Waals surface area contributed by atoms with Crippen LogP contribution in [0.15, 0.2) is 70.3 Å². The number of ether oxygens (including phenoxy) is 1. The summed E-state index contributed by atoms with van der Waals surface area (Å²) in [6.07, 6.45) is 2.68. The molecule has 0 radical (unpaired) electrons. The molecule has 170 valence electrons. The van der Waals surface area contributed by atoms with Gasteiger partial charge in [-0.05, 0) is 0 Å². The van der Waals surface area contributed by atoms with Crippen LogP contribution in [0.2, 0.25) is 0 Å². The monoisotopic (exact) mass is 560 g/mol. The molecule has 0 unspecified atom stereocenters. The first-order chi connectivity index (χ1) is 16.6. The summed E-state index contributed by atoms with van der Waals surface area (Å²) in [6.45, 7) is 2.83. The molecule has 3 aromatic rings. The summed E-state index contributed by atoms with van der Waals surface area (Å²) in [5.74, 6) is 0.518. The minimum atomic E-state index is -0.645. The summed E-state index contributed by atoms with van der Waals surface area (Å²) in [4.78, 5) is 17.8. The second-order valence-electron chi connectivity index (χ2n) is 8.54. The third-order valence-electron chi connectivity index (χ3n) is 6.13. The Labute approximate surface area is 208 Å². The molecular weight excluding hydrogens is 537 g/mol. The quantitative estimate of drug-likeness (QED) is 0.465.